The van der Waals surface area contributed by atoms with E-state index in [1.165, 1.54) is 36.0 Å². The minimum Gasteiger partial charge on any atom is -0.0683 e. The van der Waals surface area contributed by atoms with Crippen molar-refractivity contribution in [1.82, 2.24) is 0 Å². The first kappa shape index (κ1) is 19.6. The highest BCUT2D eigenvalue weighted by atomic mass is 14.0. The fourth-order valence-electron chi connectivity index (χ4n) is 1.59. The van der Waals surface area contributed by atoms with Gasteiger partial charge in [0.1, 0.15) is 0 Å². The molecule has 1 aromatic carbocycles. The van der Waals surface area contributed by atoms with Gasteiger partial charge < -0.3 is 0 Å². The molecule has 0 nitrogen and oxygen atoms in total. The smallest absolute Gasteiger partial charge is 0.0395 e. The molecule has 0 heterocycles. The minimum atomic E-state index is 0.949. The zero-order chi connectivity index (χ0) is 14.6. The maximum Gasteiger partial charge on any atom is -0.0395 e. The van der Waals surface area contributed by atoms with Gasteiger partial charge in [-0.2, -0.15) is 0 Å². The minimum absolute atomic E-state index is 0.949. The van der Waals surface area contributed by atoms with Gasteiger partial charge in [-0.05, 0) is 37.8 Å². The summed E-state index contributed by atoms with van der Waals surface area (Å²) in [6.45, 7) is 17.2. The van der Waals surface area contributed by atoms with E-state index in [4.69, 9.17) is 0 Å². The molecule has 0 aliphatic rings. The van der Waals surface area contributed by atoms with Crippen LogP contribution in [-0.2, 0) is 0 Å². The molecule has 18 heavy (non-hydrogen) atoms. The highest BCUT2D eigenvalue weighted by Crippen LogP contribution is 2.08. The van der Waals surface area contributed by atoms with Crippen LogP contribution in [0.2, 0.25) is 0 Å². The monoisotopic (exact) mass is 250 g/mol. The van der Waals surface area contributed by atoms with Crippen LogP contribution in [0.4, 0.5) is 0 Å². The summed E-state index contributed by atoms with van der Waals surface area (Å²) < 4.78 is 0. The van der Waals surface area contributed by atoms with Crippen LogP contribution < -0.4 is 0 Å². The van der Waals surface area contributed by atoms with Crippen molar-refractivity contribution >= 4 is 0 Å². The largest absolute Gasteiger partial charge is 0.0683 e. The number of rotatable bonds is 3. The lowest BCUT2D eigenvalue weighted by Crippen LogP contribution is -1.88. The predicted molar refractivity (Wildman–Crippen MR) is 86.4 cm³/mol. The Balaban J connectivity index is 0. The van der Waals surface area contributed by atoms with Crippen LogP contribution in [0.25, 0.3) is 0 Å². The average molecular weight is 250 g/mol. The van der Waals surface area contributed by atoms with E-state index in [9.17, 15) is 0 Å². The van der Waals surface area contributed by atoms with Gasteiger partial charge in [0.15, 0.2) is 0 Å². The lowest BCUT2D eigenvalue weighted by atomic mass is 10.0. The second-order valence-electron chi connectivity index (χ2n) is 4.89. The summed E-state index contributed by atoms with van der Waals surface area (Å²) in [4.78, 5) is 0. The van der Waals surface area contributed by atoms with Crippen molar-refractivity contribution in [2.45, 2.75) is 74.7 Å². The second-order valence-corrected chi connectivity index (χ2v) is 4.89. The van der Waals surface area contributed by atoms with E-state index in [0.717, 1.165) is 5.92 Å². The van der Waals surface area contributed by atoms with E-state index in [1.54, 1.807) is 0 Å². The molecule has 0 saturated heterocycles. The van der Waals surface area contributed by atoms with Crippen molar-refractivity contribution in [3.8, 4) is 0 Å². The molecule has 0 aliphatic heterocycles. The van der Waals surface area contributed by atoms with Crippen LogP contribution in [0.3, 0.4) is 0 Å². The molecule has 0 spiro atoms. The Hall–Kier alpha value is -0.780. The number of benzene rings is 1. The molecular weight excluding hydrogens is 216 g/mol. The molecule has 0 fully saturated rings. The highest BCUT2D eigenvalue weighted by Gasteiger charge is 1.92. The third-order valence-electron chi connectivity index (χ3n) is 3.14. The fraction of sp³-hybridized carbons (Fsp3) is 0.667. The maximum absolute atomic E-state index is 2.31. The average Bonchev–Trinajstić information content (AvgIpc) is 2.38. The summed E-state index contributed by atoms with van der Waals surface area (Å²) in [5, 5.41) is 0. The maximum atomic E-state index is 2.31. The van der Waals surface area contributed by atoms with E-state index in [0.29, 0.717) is 0 Å². The van der Waals surface area contributed by atoms with E-state index in [-0.39, 0.29) is 0 Å². The SMILES string of the molecule is CC.CCCC(C)CC.Cc1ccc(C)c(C)c1. The molecule has 1 rings (SSSR count). The topological polar surface area (TPSA) is 0 Å². The van der Waals surface area contributed by atoms with Gasteiger partial charge in [0.25, 0.3) is 0 Å². The van der Waals surface area contributed by atoms with Gasteiger partial charge in [0.2, 0.25) is 0 Å². The third-order valence-corrected chi connectivity index (χ3v) is 3.14. The molecule has 0 N–H and O–H groups in total. The van der Waals surface area contributed by atoms with Crippen LogP contribution in [-0.4, -0.2) is 0 Å². The van der Waals surface area contributed by atoms with Crippen LogP contribution in [0, 0.1) is 26.7 Å². The second kappa shape index (κ2) is 12.7. The van der Waals surface area contributed by atoms with Crippen molar-refractivity contribution in [1.29, 1.82) is 0 Å². The van der Waals surface area contributed by atoms with E-state index >= 15 is 0 Å². The third kappa shape index (κ3) is 10.4. The van der Waals surface area contributed by atoms with E-state index in [2.05, 4.69) is 59.7 Å². The molecule has 0 radical (unpaired) electrons. The fourth-order valence-corrected chi connectivity index (χ4v) is 1.59. The van der Waals surface area contributed by atoms with Crippen molar-refractivity contribution in [3.63, 3.8) is 0 Å². The zero-order valence-electron chi connectivity index (χ0n) is 13.9. The van der Waals surface area contributed by atoms with Gasteiger partial charge in [0, 0.05) is 0 Å². The molecule has 1 atom stereocenters. The van der Waals surface area contributed by atoms with Crippen LogP contribution in [0.5, 0.6) is 0 Å². The van der Waals surface area contributed by atoms with Gasteiger partial charge in [-0.25, -0.2) is 0 Å². The molecular formula is C18H34. The van der Waals surface area contributed by atoms with Crippen molar-refractivity contribution in [3.05, 3.63) is 34.9 Å². The Kier molecular flexibility index (Phi) is 13.8. The molecule has 0 saturated carbocycles. The Morgan fingerprint density at radius 2 is 1.50 bits per heavy atom. The molecule has 0 bridgehead atoms. The molecule has 0 aliphatic carbocycles. The van der Waals surface area contributed by atoms with Gasteiger partial charge in [-0.15, -0.1) is 0 Å². The summed E-state index contributed by atoms with van der Waals surface area (Å²) in [6.07, 6.45) is 4.08. The summed E-state index contributed by atoms with van der Waals surface area (Å²) >= 11 is 0. The predicted octanol–water partition coefficient (Wildman–Crippen LogP) is 6.47. The molecule has 106 valence electrons. The standard InChI is InChI=1S/C9H12.C7H16.C2H6/c1-7-4-5-8(2)9(3)6-7;1-4-6-7(3)5-2;1-2/h4-6H,1-3H3;7H,4-6H2,1-3H3;1-2H3. The number of hydrogen-bond acceptors (Lipinski definition) is 0. The van der Waals surface area contributed by atoms with Gasteiger partial charge in [-0.1, -0.05) is 77.6 Å². The van der Waals surface area contributed by atoms with E-state index in [1.807, 2.05) is 13.8 Å². The first-order chi connectivity index (χ1) is 8.51. The normalized spacial score (nSPS) is 10.7. The molecule has 1 aromatic rings. The summed E-state index contributed by atoms with van der Waals surface area (Å²) in [5.74, 6) is 0.949. The quantitative estimate of drug-likeness (QED) is 0.576. The Labute approximate surface area is 116 Å². The molecule has 0 amide bonds. The summed E-state index contributed by atoms with van der Waals surface area (Å²) in [6, 6.07) is 6.50. The van der Waals surface area contributed by atoms with E-state index < -0.39 is 0 Å². The molecule has 1 unspecified atom stereocenters. The van der Waals surface area contributed by atoms with Crippen LogP contribution >= 0.6 is 0 Å². The molecule has 0 aromatic heterocycles. The number of hydrogen-bond donors (Lipinski definition) is 0. The first-order valence-electron chi connectivity index (χ1n) is 7.55. The zero-order valence-corrected chi connectivity index (χ0v) is 13.9. The van der Waals surface area contributed by atoms with Crippen LogP contribution in [0.1, 0.15) is 70.6 Å². The highest BCUT2D eigenvalue weighted by molar-refractivity contribution is 5.28. The van der Waals surface area contributed by atoms with Gasteiger partial charge in [0.05, 0.1) is 0 Å². The Morgan fingerprint density at radius 1 is 0.944 bits per heavy atom. The van der Waals surface area contributed by atoms with Crippen molar-refractivity contribution in [2.24, 2.45) is 5.92 Å². The van der Waals surface area contributed by atoms with Gasteiger partial charge in [-0.3, -0.25) is 0 Å². The Morgan fingerprint density at radius 3 is 1.78 bits per heavy atom. The lowest BCUT2D eigenvalue weighted by Gasteiger charge is -2.02. The van der Waals surface area contributed by atoms with Crippen molar-refractivity contribution < 1.29 is 0 Å². The molecule has 0 heteroatoms. The summed E-state index contributed by atoms with van der Waals surface area (Å²) in [5.41, 5.74) is 4.11. The summed E-state index contributed by atoms with van der Waals surface area (Å²) in [7, 11) is 0. The Bertz CT molecular complexity index is 286. The van der Waals surface area contributed by atoms with Gasteiger partial charge >= 0.3 is 0 Å². The lowest BCUT2D eigenvalue weighted by molar-refractivity contribution is 0.509. The first-order valence-corrected chi connectivity index (χ1v) is 7.55. The number of aryl methyl sites for hydroxylation is 3. The van der Waals surface area contributed by atoms with Crippen molar-refractivity contribution in [2.75, 3.05) is 0 Å². The van der Waals surface area contributed by atoms with Crippen LogP contribution in [0.15, 0.2) is 18.2 Å².